The first-order valence-electron chi connectivity index (χ1n) is 11.3. The first-order valence-corrected chi connectivity index (χ1v) is 11.3. The maximum absolute atomic E-state index is 12.8. The summed E-state index contributed by atoms with van der Waals surface area (Å²) < 4.78 is 27.7. The Hall–Kier alpha value is -2.45. The molecule has 184 valence electrons. The Labute approximate surface area is 195 Å². The smallest absolute Gasteiger partial charge is 0.312 e. The standard InChI is InChI=1S/C25H36O8/c1-17-23(31-12-11-21(26)29-5)19(13-18-9-7-6-8-10-18)15-30-16-20(24(28)32-17)14-22(27)33-25(2,3)4/h6-10,17,19-20,23H,11-16H2,1-5H3/t17-,19-,20-,23-/m0/s1. The predicted molar refractivity (Wildman–Crippen MR) is 120 cm³/mol. The van der Waals surface area contributed by atoms with Crippen molar-refractivity contribution in [2.45, 2.75) is 64.8 Å². The van der Waals surface area contributed by atoms with Crippen molar-refractivity contribution >= 4 is 17.9 Å². The van der Waals surface area contributed by atoms with E-state index in [1.54, 1.807) is 27.7 Å². The van der Waals surface area contributed by atoms with Crippen LogP contribution in [0.25, 0.3) is 0 Å². The van der Waals surface area contributed by atoms with Crippen molar-refractivity contribution < 1.29 is 38.1 Å². The molecular weight excluding hydrogens is 428 g/mol. The second-order valence-corrected chi connectivity index (χ2v) is 9.28. The second kappa shape index (κ2) is 12.7. The van der Waals surface area contributed by atoms with Gasteiger partial charge in [0.2, 0.25) is 0 Å². The van der Waals surface area contributed by atoms with Crippen LogP contribution >= 0.6 is 0 Å². The Morgan fingerprint density at radius 3 is 2.42 bits per heavy atom. The van der Waals surface area contributed by atoms with E-state index in [0.717, 1.165) is 5.56 Å². The monoisotopic (exact) mass is 464 g/mol. The highest BCUT2D eigenvalue weighted by Gasteiger charge is 2.36. The van der Waals surface area contributed by atoms with Gasteiger partial charge in [-0.05, 0) is 39.7 Å². The number of carbonyl (C=O) groups is 3. The van der Waals surface area contributed by atoms with Crippen LogP contribution in [0.2, 0.25) is 0 Å². The molecule has 0 bridgehead atoms. The number of rotatable bonds is 8. The summed E-state index contributed by atoms with van der Waals surface area (Å²) in [6.45, 7) is 7.56. The minimum absolute atomic E-state index is 0.0466. The summed E-state index contributed by atoms with van der Waals surface area (Å²) >= 11 is 0. The molecule has 1 fully saturated rings. The van der Waals surface area contributed by atoms with Gasteiger partial charge in [-0.2, -0.15) is 0 Å². The van der Waals surface area contributed by atoms with Crippen molar-refractivity contribution in [2.24, 2.45) is 11.8 Å². The van der Waals surface area contributed by atoms with E-state index in [1.165, 1.54) is 7.11 Å². The Morgan fingerprint density at radius 2 is 1.79 bits per heavy atom. The van der Waals surface area contributed by atoms with Crippen LogP contribution < -0.4 is 0 Å². The highest BCUT2D eigenvalue weighted by Crippen LogP contribution is 2.25. The Bertz CT molecular complexity index is 770. The minimum atomic E-state index is -0.770. The molecule has 0 N–H and O–H groups in total. The van der Waals surface area contributed by atoms with Gasteiger partial charge in [0.05, 0.1) is 51.8 Å². The van der Waals surface area contributed by atoms with E-state index in [4.69, 9.17) is 18.9 Å². The molecule has 0 aromatic heterocycles. The van der Waals surface area contributed by atoms with Gasteiger partial charge in [-0.3, -0.25) is 14.4 Å². The maximum Gasteiger partial charge on any atom is 0.312 e. The van der Waals surface area contributed by atoms with Crippen molar-refractivity contribution in [1.82, 2.24) is 0 Å². The molecule has 2 rings (SSSR count). The van der Waals surface area contributed by atoms with Crippen molar-refractivity contribution in [3.63, 3.8) is 0 Å². The first kappa shape index (κ1) is 26.8. The molecule has 0 aliphatic carbocycles. The fraction of sp³-hybridized carbons (Fsp3) is 0.640. The summed E-state index contributed by atoms with van der Waals surface area (Å²) in [5.74, 6) is -2.29. The molecular formula is C25H36O8. The summed E-state index contributed by atoms with van der Waals surface area (Å²) in [5.41, 5.74) is 0.447. The molecule has 0 unspecified atom stereocenters. The van der Waals surface area contributed by atoms with E-state index in [1.807, 2.05) is 30.3 Å². The zero-order valence-electron chi connectivity index (χ0n) is 20.2. The number of hydrogen-bond acceptors (Lipinski definition) is 8. The van der Waals surface area contributed by atoms with Crippen molar-refractivity contribution in [1.29, 1.82) is 0 Å². The number of benzene rings is 1. The van der Waals surface area contributed by atoms with E-state index in [0.29, 0.717) is 13.0 Å². The van der Waals surface area contributed by atoms with Crippen molar-refractivity contribution in [2.75, 3.05) is 26.9 Å². The van der Waals surface area contributed by atoms with Crippen LogP contribution in [-0.4, -0.2) is 62.6 Å². The van der Waals surface area contributed by atoms with Crippen molar-refractivity contribution in [3.05, 3.63) is 35.9 Å². The number of cyclic esters (lactones) is 1. The zero-order valence-corrected chi connectivity index (χ0v) is 20.2. The molecule has 1 aliphatic rings. The lowest BCUT2D eigenvalue weighted by molar-refractivity contribution is -0.169. The topological polar surface area (TPSA) is 97.4 Å². The molecule has 0 amide bonds. The minimum Gasteiger partial charge on any atom is -0.469 e. The predicted octanol–water partition coefficient (Wildman–Crippen LogP) is 3.10. The largest absolute Gasteiger partial charge is 0.469 e. The summed E-state index contributed by atoms with van der Waals surface area (Å²) in [5, 5.41) is 0. The average molecular weight is 465 g/mol. The van der Waals surface area contributed by atoms with E-state index < -0.39 is 35.7 Å². The molecule has 8 nitrogen and oxygen atoms in total. The van der Waals surface area contributed by atoms with E-state index in [2.05, 4.69) is 4.74 Å². The van der Waals surface area contributed by atoms with Gasteiger partial charge in [-0.1, -0.05) is 30.3 Å². The lowest BCUT2D eigenvalue weighted by Crippen LogP contribution is -2.40. The first-order chi connectivity index (χ1) is 15.6. The quantitative estimate of drug-likeness (QED) is 0.428. The maximum atomic E-state index is 12.8. The van der Waals surface area contributed by atoms with Crippen LogP contribution in [0.4, 0.5) is 0 Å². The van der Waals surface area contributed by atoms with Gasteiger partial charge in [-0.15, -0.1) is 0 Å². The molecule has 1 aromatic carbocycles. The Kier molecular flexibility index (Phi) is 10.3. The normalized spacial score (nSPS) is 24.1. The van der Waals surface area contributed by atoms with Gasteiger partial charge < -0.3 is 23.7 Å². The fourth-order valence-corrected chi connectivity index (χ4v) is 3.72. The van der Waals surface area contributed by atoms with Gasteiger partial charge in [-0.25, -0.2) is 0 Å². The second-order valence-electron chi connectivity index (χ2n) is 9.28. The third kappa shape index (κ3) is 9.52. The molecule has 1 heterocycles. The van der Waals surface area contributed by atoms with Crippen LogP contribution in [0.1, 0.15) is 46.1 Å². The third-order valence-corrected chi connectivity index (χ3v) is 5.23. The molecule has 8 heteroatoms. The number of ether oxygens (including phenoxy) is 5. The Balaban J connectivity index is 2.15. The Morgan fingerprint density at radius 1 is 1.09 bits per heavy atom. The van der Waals surface area contributed by atoms with Crippen LogP contribution in [-0.2, 0) is 44.5 Å². The zero-order chi connectivity index (χ0) is 24.4. The molecule has 1 aromatic rings. The third-order valence-electron chi connectivity index (χ3n) is 5.23. The van der Waals surface area contributed by atoms with Gasteiger partial charge >= 0.3 is 17.9 Å². The van der Waals surface area contributed by atoms with Gasteiger partial charge in [0.15, 0.2) is 0 Å². The van der Waals surface area contributed by atoms with Crippen LogP contribution in [0.5, 0.6) is 0 Å². The SMILES string of the molecule is COC(=O)CCO[C@@H]1[C@@H](Cc2ccccc2)COC[C@H](CC(=O)OC(C)(C)C)C(=O)O[C@H]1C. The van der Waals surface area contributed by atoms with Gasteiger partial charge in [0.25, 0.3) is 0 Å². The number of esters is 3. The highest BCUT2D eigenvalue weighted by molar-refractivity contribution is 5.80. The van der Waals surface area contributed by atoms with Gasteiger partial charge in [0.1, 0.15) is 11.7 Å². The number of carbonyl (C=O) groups excluding carboxylic acids is 3. The summed E-state index contributed by atoms with van der Waals surface area (Å²) in [7, 11) is 1.32. The lowest BCUT2D eigenvalue weighted by Gasteiger charge is -2.30. The molecule has 33 heavy (non-hydrogen) atoms. The van der Waals surface area contributed by atoms with E-state index in [-0.39, 0.29) is 37.9 Å². The van der Waals surface area contributed by atoms with E-state index in [9.17, 15) is 14.4 Å². The number of hydrogen-bond donors (Lipinski definition) is 0. The van der Waals surface area contributed by atoms with Crippen LogP contribution in [0, 0.1) is 11.8 Å². The molecule has 1 aliphatic heterocycles. The molecule has 0 saturated carbocycles. The molecule has 0 radical (unpaired) electrons. The summed E-state index contributed by atoms with van der Waals surface area (Å²) in [6.07, 6.45) is -0.498. The van der Waals surface area contributed by atoms with Crippen LogP contribution in [0.3, 0.4) is 0 Å². The summed E-state index contributed by atoms with van der Waals surface area (Å²) in [6, 6.07) is 9.89. The summed E-state index contributed by atoms with van der Waals surface area (Å²) in [4.78, 5) is 36.6. The fourth-order valence-electron chi connectivity index (χ4n) is 3.72. The van der Waals surface area contributed by atoms with Crippen LogP contribution in [0.15, 0.2) is 30.3 Å². The molecule has 1 saturated heterocycles. The average Bonchev–Trinajstić information content (AvgIpc) is 2.78. The molecule has 0 spiro atoms. The van der Waals surface area contributed by atoms with Crippen molar-refractivity contribution in [3.8, 4) is 0 Å². The molecule has 4 atom stereocenters. The lowest BCUT2D eigenvalue weighted by atomic mass is 9.91. The van der Waals surface area contributed by atoms with E-state index >= 15 is 0 Å². The highest BCUT2D eigenvalue weighted by atomic mass is 16.6. The number of methoxy groups -OCH3 is 1. The van der Waals surface area contributed by atoms with Gasteiger partial charge in [0, 0.05) is 5.92 Å².